The Bertz CT molecular complexity index is 1280. The molecular weight excluding hydrogens is 577 g/mol. The molecule has 0 nitrogen and oxygen atoms in total. The van der Waals surface area contributed by atoms with Crippen molar-refractivity contribution in [2.24, 2.45) is 109 Å². The number of allylic oxidation sites excluding steroid dienone is 4. The Labute approximate surface area is 297 Å². The third kappa shape index (κ3) is 4.56. The van der Waals surface area contributed by atoms with Gasteiger partial charge in [0, 0.05) is 0 Å². The van der Waals surface area contributed by atoms with Crippen LogP contribution in [0.5, 0.6) is 0 Å². The summed E-state index contributed by atoms with van der Waals surface area (Å²) in [5.74, 6) is 11.9. The standard InChI is InChI=1S/C48H76/c1-43(2)14-16-45(5,6)40-26-36-34(24-38(40)43)35-25-39-41(46(7,8)17-15-44(39,3)4)27-37(35)42(36)47(9,10)30-12-13-31(23-30)48(11)32-19-28-18-29(21-32)22-33(48)20-28/h26-39,42H,12-25H2,1-11H3. The Balaban J connectivity index is 1.10. The molecule has 10 aliphatic rings. The molecule has 0 amide bonds. The second kappa shape index (κ2) is 10.3. The fraction of sp³-hybridized carbons (Fsp3) is 0.917. The molecule has 8 atom stereocenters. The van der Waals surface area contributed by atoms with Crippen LogP contribution >= 0.6 is 0 Å². The van der Waals surface area contributed by atoms with Gasteiger partial charge in [-0.3, -0.25) is 0 Å². The van der Waals surface area contributed by atoms with Crippen LogP contribution in [-0.4, -0.2) is 0 Å². The van der Waals surface area contributed by atoms with Crippen LogP contribution in [0.3, 0.4) is 0 Å². The van der Waals surface area contributed by atoms with Crippen LogP contribution in [0.1, 0.15) is 166 Å². The van der Waals surface area contributed by atoms with Gasteiger partial charge in [0.15, 0.2) is 0 Å². The lowest BCUT2D eigenvalue weighted by Gasteiger charge is -2.62. The van der Waals surface area contributed by atoms with Gasteiger partial charge in [0.2, 0.25) is 0 Å². The molecule has 0 heterocycles. The van der Waals surface area contributed by atoms with Crippen LogP contribution in [0.15, 0.2) is 23.3 Å². The zero-order valence-corrected chi connectivity index (χ0v) is 33.6. The van der Waals surface area contributed by atoms with E-state index in [4.69, 9.17) is 0 Å². The first kappa shape index (κ1) is 33.3. The van der Waals surface area contributed by atoms with Crippen molar-refractivity contribution in [3.63, 3.8) is 0 Å². The van der Waals surface area contributed by atoms with Crippen molar-refractivity contribution in [2.75, 3.05) is 0 Å². The summed E-state index contributed by atoms with van der Waals surface area (Å²) < 4.78 is 0. The van der Waals surface area contributed by atoms with Gasteiger partial charge in [0.1, 0.15) is 0 Å². The lowest BCUT2D eigenvalue weighted by Crippen LogP contribution is -2.54. The summed E-state index contributed by atoms with van der Waals surface area (Å²) in [6.07, 6.45) is 27.2. The molecule has 0 N–H and O–H groups in total. The third-order valence-electron chi connectivity index (χ3n) is 20.2. The van der Waals surface area contributed by atoms with Crippen molar-refractivity contribution in [1.82, 2.24) is 0 Å². The van der Waals surface area contributed by atoms with Crippen LogP contribution < -0.4 is 0 Å². The van der Waals surface area contributed by atoms with Gasteiger partial charge in [-0.05, 0) is 199 Å². The first-order chi connectivity index (χ1) is 22.3. The van der Waals surface area contributed by atoms with Crippen molar-refractivity contribution < 1.29 is 0 Å². The molecule has 8 saturated carbocycles. The Morgan fingerprint density at radius 1 is 0.521 bits per heavy atom. The molecule has 10 rings (SSSR count). The molecule has 0 radical (unpaired) electrons. The largest absolute Gasteiger partial charge is 0.0808 e. The highest BCUT2D eigenvalue weighted by atomic mass is 14.7. The minimum absolute atomic E-state index is 0.372. The molecule has 8 unspecified atom stereocenters. The summed E-state index contributed by atoms with van der Waals surface area (Å²) in [6, 6.07) is 0. The fourth-order valence-electron chi connectivity index (χ4n) is 17.1. The Morgan fingerprint density at radius 3 is 1.44 bits per heavy atom. The molecule has 8 fully saturated rings. The van der Waals surface area contributed by atoms with E-state index in [0.717, 1.165) is 76.9 Å². The topological polar surface area (TPSA) is 0 Å². The van der Waals surface area contributed by atoms with Gasteiger partial charge in [0.05, 0.1) is 0 Å². The lowest BCUT2D eigenvalue weighted by atomic mass is 9.42. The van der Waals surface area contributed by atoms with E-state index in [1.54, 1.807) is 38.5 Å². The van der Waals surface area contributed by atoms with Gasteiger partial charge >= 0.3 is 0 Å². The van der Waals surface area contributed by atoms with Gasteiger partial charge < -0.3 is 0 Å². The summed E-state index contributed by atoms with van der Waals surface area (Å²) in [5, 5.41) is 0. The van der Waals surface area contributed by atoms with E-state index in [2.05, 4.69) is 88.3 Å². The summed E-state index contributed by atoms with van der Waals surface area (Å²) >= 11 is 0. The molecule has 0 aliphatic heterocycles. The maximum Gasteiger partial charge on any atom is -0.0141 e. The van der Waals surface area contributed by atoms with Crippen LogP contribution in [-0.2, 0) is 0 Å². The number of rotatable bonds is 3. The molecule has 48 heavy (non-hydrogen) atoms. The van der Waals surface area contributed by atoms with Crippen LogP contribution in [0.4, 0.5) is 0 Å². The zero-order chi connectivity index (χ0) is 34.0. The monoisotopic (exact) mass is 653 g/mol. The second-order valence-electron chi connectivity index (χ2n) is 24.3. The normalized spacial score (nSPS) is 52.1. The minimum atomic E-state index is 0.372. The first-order valence-corrected chi connectivity index (χ1v) is 21.8. The van der Waals surface area contributed by atoms with E-state index in [9.17, 15) is 0 Å². The van der Waals surface area contributed by atoms with Crippen LogP contribution in [0, 0.1) is 109 Å². The molecule has 0 aromatic carbocycles. The highest BCUT2D eigenvalue weighted by Crippen LogP contribution is 2.72. The fourth-order valence-corrected chi connectivity index (χ4v) is 17.1. The predicted molar refractivity (Wildman–Crippen MR) is 203 cm³/mol. The number of hydrogen-bond donors (Lipinski definition) is 0. The van der Waals surface area contributed by atoms with Crippen LogP contribution in [0.25, 0.3) is 0 Å². The highest BCUT2D eigenvalue weighted by Gasteiger charge is 2.64. The minimum Gasteiger partial charge on any atom is -0.0808 e. The quantitative estimate of drug-likeness (QED) is 0.266. The first-order valence-electron chi connectivity index (χ1n) is 21.8. The Morgan fingerprint density at radius 2 is 0.979 bits per heavy atom. The van der Waals surface area contributed by atoms with Crippen molar-refractivity contribution in [1.29, 1.82) is 0 Å². The summed E-state index contributed by atoms with van der Waals surface area (Å²) in [7, 11) is 0. The Kier molecular flexibility index (Phi) is 7.17. The molecule has 0 spiro atoms. The summed E-state index contributed by atoms with van der Waals surface area (Å²) in [4.78, 5) is 0. The summed E-state index contributed by atoms with van der Waals surface area (Å²) in [5.41, 5.74) is 6.48. The maximum atomic E-state index is 3.05. The lowest BCUT2D eigenvalue weighted by molar-refractivity contribution is -0.130. The van der Waals surface area contributed by atoms with Gasteiger partial charge in [-0.25, -0.2) is 0 Å². The maximum absolute atomic E-state index is 3.05. The third-order valence-corrected chi connectivity index (χ3v) is 20.2. The highest BCUT2D eigenvalue weighted by molar-refractivity contribution is 5.34. The van der Waals surface area contributed by atoms with Crippen molar-refractivity contribution in [3.05, 3.63) is 23.3 Å². The van der Waals surface area contributed by atoms with E-state index in [0.29, 0.717) is 32.5 Å². The molecule has 10 aliphatic carbocycles. The molecular formula is C48H76. The molecule has 0 heteroatoms. The van der Waals surface area contributed by atoms with E-state index < -0.39 is 0 Å². The molecule has 4 bridgehead atoms. The van der Waals surface area contributed by atoms with E-state index in [1.165, 1.54) is 51.4 Å². The SMILES string of the molecule is CC1(C)CCC(C)(C)C2CC3C(C=C21)C(C(C)(C)C1CCC(C2(C)C4CC5CC(C4)CC2C5)C1)C1C=C2C(CC13)C(C)(C)CCC2(C)C. The van der Waals surface area contributed by atoms with Gasteiger partial charge in [-0.15, -0.1) is 0 Å². The van der Waals surface area contributed by atoms with Gasteiger partial charge in [0.25, 0.3) is 0 Å². The smallest absolute Gasteiger partial charge is 0.0141 e. The molecule has 268 valence electrons. The molecule has 0 aromatic heterocycles. The number of hydrogen-bond acceptors (Lipinski definition) is 0. The zero-order valence-electron chi connectivity index (χ0n) is 33.6. The van der Waals surface area contributed by atoms with Crippen molar-refractivity contribution in [2.45, 2.75) is 166 Å². The van der Waals surface area contributed by atoms with Crippen molar-refractivity contribution in [3.8, 4) is 0 Å². The Hall–Kier alpha value is -0.520. The molecule has 0 saturated heterocycles. The van der Waals surface area contributed by atoms with Crippen molar-refractivity contribution >= 4 is 0 Å². The predicted octanol–water partition coefficient (Wildman–Crippen LogP) is 13.6. The van der Waals surface area contributed by atoms with E-state index in [1.807, 2.05) is 11.1 Å². The second-order valence-corrected chi connectivity index (χ2v) is 24.3. The molecule has 0 aromatic rings. The van der Waals surface area contributed by atoms with Crippen LogP contribution in [0.2, 0.25) is 0 Å². The number of fused-ring (bicyclic) bond motifs is 5. The van der Waals surface area contributed by atoms with Gasteiger partial charge in [-0.2, -0.15) is 0 Å². The average Bonchev–Trinajstić information content (AvgIpc) is 3.64. The van der Waals surface area contributed by atoms with Gasteiger partial charge in [-0.1, -0.05) is 99.5 Å². The van der Waals surface area contributed by atoms with E-state index >= 15 is 0 Å². The average molecular weight is 653 g/mol. The van der Waals surface area contributed by atoms with E-state index in [-0.39, 0.29) is 0 Å². The summed E-state index contributed by atoms with van der Waals surface area (Å²) in [6.45, 7) is 29.6.